The van der Waals surface area contributed by atoms with Crippen molar-refractivity contribution in [1.82, 2.24) is 9.55 Å². The van der Waals surface area contributed by atoms with Gasteiger partial charge in [0.05, 0.1) is 0 Å². The number of aryl methyl sites for hydroxylation is 2. The molecule has 0 saturated carbocycles. The zero-order valence-electron chi connectivity index (χ0n) is 12.0. The van der Waals surface area contributed by atoms with Crippen LogP contribution in [0.5, 0.6) is 11.6 Å². The van der Waals surface area contributed by atoms with Crippen LogP contribution in [0.2, 0.25) is 0 Å². The minimum Gasteiger partial charge on any atom is -0.435 e. The van der Waals surface area contributed by atoms with Crippen molar-refractivity contribution in [3.05, 3.63) is 50.5 Å². The molecule has 0 saturated heterocycles. The van der Waals surface area contributed by atoms with E-state index < -0.39 is 0 Å². The summed E-state index contributed by atoms with van der Waals surface area (Å²) < 4.78 is 8.30. The van der Waals surface area contributed by atoms with Crippen LogP contribution >= 0.6 is 15.9 Å². The van der Waals surface area contributed by atoms with Crippen LogP contribution in [-0.4, -0.2) is 9.55 Å². The monoisotopic (exact) mass is 336 g/mol. The fourth-order valence-corrected chi connectivity index (χ4v) is 2.19. The maximum absolute atomic E-state index is 12.2. The average molecular weight is 337 g/mol. The minimum absolute atomic E-state index is 0.0706. The number of aromatic nitrogens is 2. The van der Waals surface area contributed by atoms with Gasteiger partial charge in [-0.05, 0) is 51.0 Å². The summed E-state index contributed by atoms with van der Waals surface area (Å²) in [6, 6.07) is 3.83. The van der Waals surface area contributed by atoms with E-state index in [0.29, 0.717) is 5.75 Å². The van der Waals surface area contributed by atoms with E-state index in [0.717, 1.165) is 15.6 Å². The van der Waals surface area contributed by atoms with E-state index >= 15 is 0 Å². The Hall–Kier alpha value is -1.62. The second kappa shape index (κ2) is 5.79. The van der Waals surface area contributed by atoms with Gasteiger partial charge in [0.1, 0.15) is 5.75 Å². The summed E-state index contributed by atoms with van der Waals surface area (Å²) >= 11 is 3.51. The Kier molecular flexibility index (Phi) is 4.28. The molecule has 0 aliphatic heterocycles. The molecule has 0 spiro atoms. The van der Waals surface area contributed by atoms with E-state index in [1.54, 1.807) is 17.0 Å². The molecule has 0 atom stereocenters. The molecule has 0 radical (unpaired) electrons. The fourth-order valence-electron chi connectivity index (χ4n) is 1.96. The number of rotatable bonds is 3. The first-order valence-electron chi connectivity index (χ1n) is 6.42. The van der Waals surface area contributed by atoms with Gasteiger partial charge < -0.3 is 9.30 Å². The molecule has 1 aromatic heterocycles. The summed E-state index contributed by atoms with van der Waals surface area (Å²) in [5, 5.41) is 0. The molecule has 1 heterocycles. The van der Waals surface area contributed by atoms with Crippen molar-refractivity contribution in [2.45, 2.75) is 33.7 Å². The number of benzene rings is 1. The molecule has 5 heteroatoms. The Bertz CT molecular complexity index is 670. The van der Waals surface area contributed by atoms with Crippen LogP contribution in [0, 0.1) is 13.8 Å². The van der Waals surface area contributed by atoms with Crippen LogP contribution in [0.25, 0.3) is 0 Å². The molecule has 0 fully saturated rings. The molecule has 2 rings (SSSR count). The van der Waals surface area contributed by atoms with Crippen molar-refractivity contribution in [1.29, 1.82) is 0 Å². The summed E-state index contributed by atoms with van der Waals surface area (Å²) in [4.78, 5) is 16.2. The largest absolute Gasteiger partial charge is 0.435 e. The second-order valence-electron chi connectivity index (χ2n) is 5.01. The summed E-state index contributed by atoms with van der Waals surface area (Å²) in [7, 11) is 0. The summed E-state index contributed by atoms with van der Waals surface area (Å²) in [5.41, 5.74) is 1.89. The molecular weight excluding hydrogens is 320 g/mol. The van der Waals surface area contributed by atoms with Crippen molar-refractivity contribution in [3.63, 3.8) is 0 Å². The molecule has 20 heavy (non-hydrogen) atoms. The van der Waals surface area contributed by atoms with E-state index in [1.165, 1.54) is 0 Å². The zero-order chi connectivity index (χ0) is 14.9. The van der Waals surface area contributed by atoms with Gasteiger partial charge in [-0.2, -0.15) is 0 Å². The molecular formula is C15H17BrN2O2. The van der Waals surface area contributed by atoms with Crippen molar-refractivity contribution in [2.75, 3.05) is 0 Å². The molecule has 2 aromatic rings. The zero-order valence-corrected chi connectivity index (χ0v) is 13.6. The van der Waals surface area contributed by atoms with Crippen molar-refractivity contribution in [2.24, 2.45) is 0 Å². The summed E-state index contributed by atoms with van der Waals surface area (Å²) in [6.45, 7) is 7.85. The van der Waals surface area contributed by atoms with E-state index in [2.05, 4.69) is 20.9 Å². The lowest BCUT2D eigenvalue weighted by Gasteiger charge is -2.12. The molecule has 0 bridgehead atoms. The van der Waals surface area contributed by atoms with Gasteiger partial charge in [-0.15, -0.1) is 0 Å². The Balaban J connectivity index is 2.41. The predicted octanol–water partition coefficient (Wildman–Crippen LogP) is 4.00. The predicted molar refractivity (Wildman–Crippen MR) is 82.6 cm³/mol. The standard InChI is InChI=1S/C15H17BrN2O2/c1-9(2)18-6-5-17-14(15(18)19)20-12-7-10(3)13(16)11(4)8-12/h5-9H,1-4H3. The number of nitrogens with zero attached hydrogens (tertiary/aromatic N) is 2. The third-order valence-electron chi connectivity index (χ3n) is 3.02. The van der Waals surface area contributed by atoms with Gasteiger partial charge in [-0.1, -0.05) is 15.9 Å². The van der Waals surface area contributed by atoms with Crippen LogP contribution < -0.4 is 10.3 Å². The topological polar surface area (TPSA) is 44.1 Å². The molecule has 106 valence electrons. The highest BCUT2D eigenvalue weighted by Gasteiger charge is 2.11. The van der Waals surface area contributed by atoms with Crippen LogP contribution in [0.1, 0.15) is 31.0 Å². The number of ether oxygens (including phenoxy) is 1. The molecule has 0 aliphatic carbocycles. The second-order valence-corrected chi connectivity index (χ2v) is 5.80. The van der Waals surface area contributed by atoms with Crippen LogP contribution in [-0.2, 0) is 0 Å². The molecule has 1 aromatic carbocycles. The third kappa shape index (κ3) is 2.93. The van der Waals surface area contributed by atoms with Gasteiger partial charge in [-0.3, -0.25) is 4.79 Å². The van der Waals surface area contributed by atoms with E-state index in [4.69, 9.17) is 4.74 Å². The lowest BCUT2D eigenvalue weighted by atomic mass is 10.1. The van der Waals surface area contributed by atoms with Gasteiger partial charge in [0, 0.05) is 22.9 Å². The number of hydrogen-bond acceptors (Lipinski definition) is 3. The normalized spacial score (nSPS) is 10.9. The Morgan fingerprint density at radius 3 is 2.40 bits per heavy atom. The quantitative estimate of drug-likeness (QED) is 0.850. The SMILES string of the molecule is Cc1cc(Oc2nccn(C(C)C)c2=O)cc(C)c1Br. The first-order chi connectivity index (χ1) is 9.40. The van der Waals surface area contributed by atoms with Crippen LogP contribution in [0.4, 0.5) is 0 Å². The number of halogens is 1. The smallest absolute Gasteiger partial charge is 0.313 e. The van der Waals surface area contributed by atoms with Gasteiger partial charge in [-0.25, -0.2) is 4.98 Å². The lowest BCUT2D eigenvalue weighted by molar-refractivity contribution is 0.436. The minimum atomic E-state index is -0.222. The average Bonchev–Trinajstić information content (AvgIpc) is 2.38. The summed E-state index contributed by atoms with van der Waals surface area (Å²) in [6.07, 6.45) is 3.24. The highest BCUT2D eigenvalue weighted by Crippen LogP contribution is 2.28. The molecule has 0 amide bonds. The van der Waals surface area contributed by atoms with Crippen molar-refractivity contribution < 1.29 is 4.74 Å². The Morgan fingerprint density at radius 1 is 1.25 bits per heavy atom. The first kappa shape index (κ1) is 14.8. The maximum Gasteiger partial charge on any atom is 0.313 e. The molecule has 0 aliphatic rings. The van der Waals surface area contributed by atoms with Crippen LogP contribution in [0.3, 0.4) is 0 Å². The first-order valence-corrected chi connectivity index (χ1v) is 7.21. The van der Waals surface area contributed by atoms with Crippen molar-refractivity contribution in [3.8, 4) is 11.6 Å². The Labute approximate surface area is 126 Å². The highest BCUT2D eigenvalue weighted by molar-refractivity contribution is 9.10. The van der Waals surface area contributed by atoms with Gasteiger partial charge >= 0.3 is 5.56 Å². The molecule has 0 N–H and O–H groups in total. The van der Waals surface area contributed by atoms with E-state index in [9.17, 15) is 4.79 Å². The van der Waals surface area contributed by atoms with Crippen LogP contribution in [0.15, 0.2) is 33.8 Å². The molecule has 4 nitrogen and oxygen atoms in total. The maximum atomic E-state index is 12.2. The van der Waals surface area contributed by atoms with Crippen molar-refractivity contribution >= 4 is 15.9 Å². The summed E-state index contributed by atoms with van der Waals surface area (Å²) in [5.74, 6) is 0.719. The van der Waals surface area contributed by atoms with Gasteiger partial charge in [0.2, 0.25) is 0 Å². The number of hydrogen-bond donors (Lipinski definition) is 0. The fraction of sp³-hybridized carbons (Fsp3) is 0.333. The Morgan fingerprint density at radius 2 is 1.85 bits per heavy atom. The van der Waals surface area contributed by atoms with Gasteiger partial charge in [0.25, 0.3) is 5.88 Å². The highest BCUT2D eigenvalue weighted by atomic mass is 79.9. The van der Waals surface area contributed by atoms with E-state index in [1.807, 2.05) is 39.8 Å². The van der Waals surface area contributed by atoms with E-state index in [-0.39, 0.29) is 17.5 Å². The third-order valence-corrected chi connectivity index (χ3v) is 4.27. The molecule has 0 unspecified atom stereocenters. The van der Waals surface area contributed by atoms with Gasteiger partial charge in [0.15, 0.2) is 0 Å². The lowest BCUT2D eigenvalue weighted by Crippen LogP contribution is -2.23.